The van der Waals surface area contributed by atoms with Gasteiger partial charge in [0.2, 0.25) is 0 Å². The van der Waals surface area contributed by atoms with Gasteiger partial charge in [0.25, 0.3) is 5.56 Å². The summed E-state index contributed by atoms with van der Waals surface area (Å²) in [6, 6.07) is 14.7. The number of phenols is 1. The molecule has 0 atom stereocenters. The number of nitriles is 1. The van der Waals surface area contributed by atoms with Gasteiger partial charge in [-0.1, -0.05) is 23.8 Å². The molecule has 6 nitrogen and oxygen atoms in total. The highest BCUT2D eigenvalue weighted by atomic mass is 16.5. The molecule has 0 unspecified atom stereocenters. The van der Waals surface area contributed by atoms with Crippen molar-refractivity contribution in [3.8, 4) is 23.3 Å². The fraction of sp³-hybridized carbons (Fsp3) is 0.136. The number of hydrogen-bond donors (Lipinski definition) is 1. The van der Waals surface area contributed by atoms with Crippen molar-refractivity contribution >= 4 is 5.78 Å². The number of hydrogen-bond acceptors (Lipinski definition) is 5. The second kappa shape index (κ2) is 7.80. The van der Waals surface area contributed by atoms with E-state index in [1.54, 1.807) is 43.3 Å². The normalized spacial score (nSPS) is 10.3. The van der Waals surface area contributed by atoms with E-state index in [0.717, 1.165) is 5.56 Å². The maximum absolute atomic E-state index is 13.0. The molecule has 0 spiro atoms. The minimum atomic E-state index is -0.556. The van der Waals surface area contributed by atoms with Gasteiger partial charge in [0.05, 0.1) is 17.9 Å². The monoisotopic (exact) mass is 374 g/mol. The molecule has 0 saturated carbocycles. The Hall–Kier alpha value is -3.85. The summed E-state index contributed by atoms with van der Waals surface area (Å²) in [4.78, 5) is 25.7. The molecule has 0 aliphatic carbocycles. The number of nitrogens with zero attached hydrogens (tertiary/aromatic N) is 2. The predicted molar refractivity (Wildman–Crippen MR) is 104 cm³/mol. The summed E-state index contributed by atoms with van der Waals surface area (Å²) in [5.41, 5.74) is 0.713. The van der Waals surface area contributed by atoms with Crippen LogP contribution >= 0.6 is 0 Å². The fourth-order valence-electron chi connectivity index (χ4n) is 2.89. The predicted octanol–water partition coefficient (Wildman–Crippen LogP) is 3.35. The molecular formula is C22H18N2O4. The third-order valence-electron chi connectivity index (χ3n) is 4.22. The first-order chi connectivity index (χ1) is 13.5. The molecule has 0 aliphatic rings. The van der Waals surface area contributed by atoms with Crippen molar-refractivity contribution in [2.24, 2.45) is 0 Å². The second-order valence-corrected chi connectivity index (χ2v) is 6.18. The Labute approximate surface area is 161 Å². The molecular weight excluding hydrogens is 356 g/mol. The van der Waals surface area contributed by atoms with E-state index in [-0.39, 0.29) is 22.4 Å². The third kappa shape index (κ3) is 3.51. The number of benzene rings is 2. The van der Waals surface area contributed by atoms with E-state index in [1.165, 1.54) is 22.9 Å². The third-order valence-corrected chi connectivity index (χ3v) is 4.22. The SMILES string of the molecule is CCOc1ccccc1-n1cc(C(=O)c2cc(C)ccc2O)cc(C#N)c1=O. The average Bonchev–Trinajstić information content (AvgIpc) is 2.70. The Morgan fingerprint density at radius 1 is 1.21 bits per heavy atom. The number of carbonyl (C=O) groups is 1. The number of aryl methyl sites for hydroxylation is 1. The number of rotatable bonds is 5. The molecule has 2 aromatic carbocycles. The van der Waals surface area contributed by atoms with Crippen LogP contribution in [0.15, 0.2) is 59.5 Å². The number of phenolic OH excluding ortho intramolecular Hbond substituents is 1. The van der Waals surface area contributed by atoms with Crippen LogP contribution < -0.4 is 10.3 Å². The van der Waals surface area contributed by atoms with Gasteiger partial charge in [0.1, 0.15) is 23.1 Å². The van der Waals surface area contributed by atoms with E-state index in [4.69, 9.17) is 4.74 Å². The molecule has 1 aromatic heterocycles. The summed E-state index contributed by atoms with van der Waals surface area (Å²) in [6.07, 6.45) is 1.37. The van der Waals surface area contributed by atoms with Crippen molar-refractivity contribution in [1.82, 2.24) is 4.57 Å². The van der Waals surface area contributed by atoms with Crippen LogP contribution in [0.3, 0.4) is 0 Å². The molecule has 1 N–H and O–H groups in total. The first-order valence-electron chi connectivity index (χ1n) is 8.69. The Balaban J connectivity index is 2.23. The number of pyridine rings is 1. The second-order valence-electron chi connectivity index (χ2n) is 6.18. The van der Waals surface area contributed by atoms with E-state index in [1.807, 2.05) is 13.0 Å². The lowest BCUT2D eigenvalue weighted by molar-refractivity contribution is 0.103. The Morgan fingerprint density at radius 2 is 1.96 bits per heavy atom. The van der Waals surface area contributed by atoms with Crippen molar-refractivity contribution in [2.45, 2.75) is 13.8 Å². The largest absolute Gasteiger partial charge is 0.507 e. The molecule has 0 aliphatic heterocycles. The standard InChI is InChI=1S/C22H18N2O4/c1-3-28-20-7-5-4-6-18(20)24-13-16(11-15(12-23)22(24)27)21(26)17-10-14(2)8-9-19(17)25/h4-11,13,25H,3H2,1-2H3. The Bertz CT molecular complexity index is 1160. The van der Waals surface area contributed by atoms with E-state index in [9.17, 15) is 20.0 Å². The fourth-order valence-corrected chi connectivity index (χ4v) is 2.89. The van der Waals surface area contributed by atoms with Crippen LogP contribution in [0, 0.1) is 18.3 Å². The first kappa shape index (κ1) is 18.9. The summed E-state index contributed by atoms with van der Waals surface area (Å²) in [5, 5.41) is 19.5. The topological polar surface area (TPSA) is 92.3 Å². The molecule has 1 heterocycles. The quantitative estimate of drug-likeness (QED) is 0.692. The Morgan fingerprint density at radius 3 is 2.68 bits per heavy atom. The van der Waals surface area contributed by atoms with E-state index < -0.39 is 11.3 Å². The van der Waals surface area contributed by atoms with Crippen LogP contribution in [0.1, 0.15) is 34.0 Å². The lowest BCUT2D eigenvalue weighted by atomic mass is 10.0. The smallest absolute Gasteiger partial charge is 0.273 e. The molecule has 6 heteroatoms. The molecule has 0 saturated heterocycles. The highest BCUT2D eigenvalue weighted by molar-refractivity contribution is 6.10. The van der Waals surface area contributed by atoms with E-state index in [2.05, 4.69) is 0 Å². The van der Waals surface area contributed by atoms with Crippen LogP contribution in [-0.2, 0) is 0 Å². The molecule has 3 rings (SSSR count). The van der Waals surface area contributed by atoms with Gasteiger partial charge >= 0.3 is 0 Å². The summed E-state index contributed by atoms with van der Waals surface area (Å²) in [7, 11) is 0. The van der Waals surface area contributed by atoms with E-state index >= 15 is 0 Å². The van der Waals surface area contributed by atoms with Crippen molar-refractivity contribution in [1.29, 1.82) is 5.26 Å². The Kier molecular flexibility index (Phi) is 5.28. The number of carbonyl (C=O) groups excluding carboxylic acids is 1. The summed E-state index contributed by atoms with van der Waals surface area (Å²) >= 11 is 0. The highest BCUT2D eigenvalue weighted by Gasteiger charge is 2.19. The highest BCUT2D eigenvalue weighted by Crippen LogP contribution is 2.24. The number of aromatic hydroxyl groups is 1. The van der Waals surface area contributed by atoms with E-state index in [0.29, 0.717) is 18.0 Å². The van der Waals surface area contributed by atoms with Crippen molar-refractivity contribution in [2.75, 3.05) is 6.61 Å². The maximum atomic E-state index is 13.0. The van der Waals surface area contributed by atoms with Crippen LogP contribution in [0.5, 0.6) is 11.5 Å². The van der Waals surface area contributed by atoms with Gasteiger partial charge in [-0.3, -0.25) is 14.2 Å². The van der Waals surface area contributed by atoms with Gasteiger partial charge in [-0.15, -0.1) is 0 Å². The van der Waals surface area contributed by atoms with Crippen LogP contribution in [0.2, 0.25) is 0 Å². The first-order valence-corrected chi connectivity index (χ1v) is 8.69. The van der Waals surface area contributed by atoms with Gasteiger partial charge in [-0.05, 0) is 44.2 Å². The van der Waals surface area contributed by atoms with Crippen molar-refractivity contribution in [3.63, 3.8) is 0 Å². The average molecular weight is 374 g/mol. The number of para-hydroxylation sites is 2. The molecule has 0 radical (unpaired) electrons. The summed E-state index contributed by atoms with van der Waals surface area (Å²) < 4.78 is 6.80. The molecule has 3 aromatic rings. The number of ketones is 1. The minimum absolute atomic E-state index is 0.104. The van der Waals surface area contributed by atoms with Crippen LogP contribution in [-0.4, -0.2) is 22.1 Å². The van der Waals surface area contributed by atoms with Gasteiger partial charge in [-0.2, -0.15) is 5.26 Å². The van der Waals surface area contributed by atoms with Gasteiger partial charge in [0, 0.05) is 11.8 Å². The molecule has 0 amide bonds. The van der Waals surface area contributed by atoms with Gasteiger partial charge in [-0.25, -0.2) is 0 Å². The number of aromatic nitrogens is 1. The molecule has 28 heavy (non-hydrogen) atoms. The van der Waals surface area contributed by atoms with Crippen molar-refractivity contribution in [3.05, 3.63) is 87.3 Å². The van der Waals surface area contributed by atoms with Crippen molar-refractivity contribution < 1.29 is 14.6 Å². The zero-order valence-electron chi connectivity index (χ0n) is 15.5. The summed E-state index contributed by atoms with van der Waals surface area (Å²) in [6.45, 7) is 4.02. The maximum Gasteiger partial charge on any atom is 0.273 e. The summed E-state index contributed by atoms with van der Waals surface area (Å²) in [5.74, 6) is -0.194. The zero-order chi connectivity index (χ0) is 20.3. The lowest BCUT2D eigenvalue weighted by Crippen LogP contribution is -2.23. The lowest BCUT2D eigenvalue weighted by Gasteiger charge is -2.14. The van der Waals surface area contributed by atoms with Crippen LogP contribution in [0.25, 0.3) is 5.69 Å². The number of ether oxygens (including phenoxy) is 1. The molecule has 0 bridgehead atoms. The minimum Gasteiger partial charge on any atom is -0.507 e. The molecule has 0 fully saturated rings. The molecule has 140 valence electrons. The van der Waals surface area contributed by atoms with Crippen LogP contribution in [0.4, 0.5) is 0 Å². The van der Waals surface area contributed by atoms with Gasteiger partial charge in [0.15, 0.2) is 5.78 Å². The zero-order valence-corrected chi connectivity index (χ0v) is 15.5. The van der Waals surface area contributed by atoms with Gasteiger partial charge < -0.3 is 9.84 Å².